The molecule has 0 radical (unpaired) electrons. The maximum atomic E-state index is 12.5. The van der Waals surface area contributed by atoms with Crippen LogP contribution in [0.3, 0.4) is 0 Å². The number of nitrogens with two attached hydrogens (primary N) is 2. The zero-order valence-electron chi connectivity index (χ0n) is 16.8. The highest BCUT2D eigenvalue weighted by Crippen LogP contribution is 2.30. The first-order valence-electron chi connectivity index (χ1n) is 10.4. The molecule has 2 saturated heterocycles. The van der Waals surface area contributed by atoms with E-state index in [1.165, 1.54) is 5.54 Å². The van der Waals surface area contributed by atoms with Crippen LogP contribution in [-0.2, 0) is 18.9 Å². The summed E-state index contributed by atoms with van der Waals surface area (Å²) in [7, 11) is 0. The fourth-order valence-corrected chi connectivity index (χ4v) is 4.21. The fourth-order valence-electron chi connectivity index (χ4n) is 4.21. The molecule has 12 heteroatoms. The molecule has 1 aliphatic carbocycles. The Hall–Kier alpha value is -0.510. The highest BCUT2D eigenvalue weighted by Gasteiger charge is 2.42. The van der Waals surface area contributed by atoms with Crippen molar-refractivity contribution in [3.63, 3.8) is 0 Å². The number of aliphatic hydroxyl groups excluding tert-OH is 4. The molecule has 3 aliphatic rings. The first-order chi connectivity index (χ1) is 14.3. The molecule has 3 fully saturated rings. The quantitative estimate of drug-likeness (QED) is 0.206. The Morgan fingerprint density at radius 2 is 1.57 bits per heavy atom. The summed E-state index contributed by atoms with van der Waals surface area (Å²) in [5.74, 6) is 0. The van der Waals surface area contributed by atoms with Crippen LogP contribution in [0, 0.1) is 0 Å². The van der Waals surface area contributed by atoms with Gasteiger partial charge in [0.05, 0.1) is 43.6 Å². The Morgan fingerprint density at radius 1 is 0.867 bits per heavy atom. The van der Waals surface area contributed by atoms with Gasteiger partial charge in [-0.15, -0.1) is 4.48 Å². The molecule has 0 aromatic heterocycles. The summed E-state index contributed by atoms with van der Waals surface area (Å²) in [5.41, 5.74) is 13.7. The van der Waals surface area contributed by atoms with E-state index in [0.717, 1.165) is 0 Å². The minimum Gasteiger partial charge on any atom is -0.394 e. The third-order valence-electron chi connectivity index (χ3n) is 6.03. The molecule has 0 aromatic carbocycles. The third-order valence-corrected chi connectivity index (χ3v) is 6.03. The third kappa shape index (κ3) is 5.84. The van der Waals surface area contributed by atoms with E-state index < -0.39 is 55.2 Å². The number of hydrogen-bond donors (Lipinski definition) is 7. The van der Waals surface area contributed by atoms with Gasteiger partial charge in [0.1, 0.15) is 18.3 Å². The van der Waals surface area contributed by atoms with Gasteiger partial charge in [0.25, 0.3) is 0 Å². The molecule has 0 unspecified atom stereocenters. The number of rotatable bonds is 7. The molecule has 176 valence electrons. The normalized spacial score (nSPS) is 47.9. The molecule has 11 atom stereocenters. The fraction of sp³-hybridized carbons (Fsp3) is 1.00. The van der Waals surface area contributed by atoms with Crippen LogP contribution in [-0.4, -0.2) is 101 Å². The molecular formula is C18H34FN3O8. The maximum absolute atomic E-state index is 12.5. The van der Waals surface area contributed by atoms with Crippen LogP contribution in [0.15, 0.2) is 0 Å². The molecular weight excluding hydrogens is 405 g/mol. The van der Waals surface area contributed by atoms with E-state index in [4.69, 9.17) is 30.4 Å². The van der Waals surface area contributed by atoms with Crippen LogP contribution < -0.4 is 17.0 Å². The number of aliphatic hydroxyl groups is 4. The highest BCUT2D eigenvalue weighted by molar-refractivity contribution is 4.89. The van der Waals surface area contributed by atoms with Crippen LogP contribution in [0.5, 0.6) is 0 Å². The van der Waals surface area contributed by atoms with Crippen molar-refractivity contribution in [2.24, 2.45) is 11.5 Å². The first kappa shape index (κ1) is 24.1. The van der Waals surface area contributed by atoms with Crippen molar-refractivity contribution in [2.75, 3.05) is 13.2 Å². The minimum absolute atomic E-state index is 0.0408. The Balaban J connectivity index is 1.56. The molecule has 0 bridgehead atoms. The van der Waals surface area contributed by atoms with E-state index in [1.54, 1.807) is 0 Å². The van der Waals surface area contributed by atoms with E-state index in [0.29, 0.717) is 19.3 Å². The van der Waals surface area contributed by atoms with Crippen LogP contribution >= 0.6 is 0 Å². The summed E-state index contributed by atoms with van der Waals surface area (Å²) in [6.07, 6.45) is -5.31. The van der Waals surface area contributed by atoms with Crippen molar-refractivity contribution in [3.8, 4) is 0 Å². The lowest BCUT2D eigenvalue weighted by atomic mass is 9.90. The Morgan fingerprint density at radius 3 is 2.27 bits per heavy atom. The van der Waals surface area contributed by atoms with Gasteiger partial charge in [-0.1, -0.05) is 0 Å². The number of halogens is 1. The van der Waals surface area contributed by atoms with Crippen molar-refractivity contribution in [1.82, 2.24) is 5.54 Å². The lowest BCUT2D eigenvalue weighted by molar-refractivity contribution is -0.294. The van der Waals surface area contributed by atoms with Crippen LogP contribution in [0.25, 0.3) is 0 Å². The molecule has 1 saturated carbocycles. The van der Waals surface area contributed by atoms with Gasteiger partial charge >= 0.3 is 0 Å². The van der Waals surface area contributed by atoms with Crippen molar-refractivity contribution in [2.45, 2.75) is 99.5 Å². The average molecular weight is 439 g/mol. The van der Waals surface area contributed by atoms with Gasteiger partial charge in [0.2, 0.25) is 0 Å². The molecule has 0 amide bonds. The monoisotopic (exact) mass is 439 g/mol. The molecule has 11 nitrogen and oxygen atoms in total. The largest absolute Gasteiger partial charge is 0.394 e. The first-order valence-corrected chi connectivity index (χ1v) is 10.4. The van der Waals surface area contributed by atoms with Crippen LogP contribution in [0.2, 0.25) is 0 Å². The standard InChI is InChI=1S/C18H34FN3O8/c19-22-6-15-11(24)4-10(21)17(29-15)28-14-3-8(1-2-9(14)20)27-18-13(26)5-12(25)16(7-23)30-18/h8-18,22-26H,1-7,20-21H2/t8-,9-,10+,11-,12-,13+,14-,15+,16+,17-,18-/m0/s1. The van der Waals surface area contributed by atoms with Crippen molar-refractivity contribution in [3.05, 3.63) is 0 Å². The summed E-state index contributed by atoms with van der Waals surface area (Å²) >= 11 is 0. The highest BCUT2D eigenvalue weighted by atomic mass is 19.2. The molecule has 9 N–H and O–H groups in total. The Labute approximate surface area is 174 Å². The number of hydrogen-bond acceptors (Lipinski definition) is 11. The second-order valence-electron chi connectivity index (χ2n) is 8.35. The van der Waals surface area contributed by atoms with Crippen molar-refractivity contribution >= 4 is 0 Å². The summed E-state index contributed by atoms with van der Waals surface area (Å²) in [6.45, 7) is -0.572. The lowest BCUT2D eigenvalue weighted by Crippen LogP contribution is -2.57. The molecule has 2 heterocycles. The zero-order chi connectivity index (χ0) is 21.8. The number of ether oxygens (including phenoxy) is 4. The van der Waals surface area contributed by atoms with E-state index in [-0.39, 0.29) is 38.1 Å². The van der Waals surface area contributed by atoms with Gasteiger partial charge in [0.15, 0.2) is 12.6 Å². The maximum Gasteiger partial charge on any atom is 0.184 e. The van der Waals surface area contributed by atoms with Gasteiger partial charge in [-0.05, 0) is 19.3 Å². The van der Waals surface area contributed by atoms with Crippen molar-refractivity contribution in [1.29, 1.82) is 0 Å². The molecule has 3 rings (SSSR count). The van der Waals surface area contributed by atoms with E-state index in [9.17, 15) is 24.9 Å². The lowest BCUT2D eigenvalue weighted by Gasteiger charge is -2.43. The average Bonchev–Trinajstić information content (AvgIpc) is 2.70. The van der Waals surface area contributed by atoms with Crippen LogP contribution in [0.4, 0.5) is 4.48 Å². The molecule has 0 aromatic rings. The summed E-state index contributed by atoms with van der Waals surface area (Å²) < 4.78 is 35.5. The molecule has 2 aliphatic heterocycles. The summed E-state index contributed by atoms with van der Waals surface area (Å²) in [6, 6.07) is -0.894. The number of nitrogens with one attached hydrogen (secondary N) is 1. The predicted octanol–water partition coefficient (Wildman–Crippen LogP) is -2.63. The van der Waals surface area contributed by atoms with Gasteiger partial charge in [0, 0.05) is 18.9 Å². The minimum atomic E-state index is -1.02. The smallest absolute Gasteiger partial charge is 0.184 e. The van der Waals surface area contributed by atoms with E-state index in [2.05, 4.69) is 0 Å². The van der Waals surface area contributed by atoms with Crippen molar-refractivity contribution < 1.29 is 43.9 Å². The van der Waals surface area contributed by atoms with Gasteiger partial charge in [-0.3, -0.25) is 0 Å². The van der Waals surface area contributed by atoms with Gasteiger partial charge in [-0.2, -0.15) is 5.54 Å². The van der Waals surface area contributed by atoms with E-state index >= 15 is 0 Å². The predicted molar refractivity (Wildman–Crippen MR) is 100 cm³/mol. The zero-order valence-corrected chi connectivity index (χ0v) is 16.8. The summed E-state index contributed by atoms with van der Waals surface area (Å²) in [4.78, 5) is 0. The van der Waals surface area contributed by atoms with Gasteiger partial charge < -0.3 is 50.8 Å². The molecule has 30 heavy (non-hydrogen) atoms. The van der Waals surface area contributed by atoms with Crippen LogP contribution in [0.1, 0.15) is 32.1 Å². The Bertz CT molecular complexity index is 538. The van der Waals surface area contributed by atoms with Gasteiger partial charge in [-0.25, -0.2) is 0 Å². The summed E-state index contributed by atoms with van der Waals surface area (Å²) in [5, 5.41) is 39.2. The topological polar surface area (TPSA) is 182 Å². The molecule has 0 spiro atoms. The SMILES string of the molecule is N[C@@H]1C[C@H](O)[C@@H](CNF)O[C@@H]1O[C@H]1C[C@@H](O[C@H]2O[C@H](CO)[C@@H](O)C[C@H]2O)CC[C@@H]1N. The van der Waals surface area contributed by atoms with E-state index in [1.807, 2.05) is 0 Å². The Kier molecular flexibility index (Phi) is 8.75. The second-order valence-corrected chi connectivity index (χ2v) is 8.35. The second kappa shape index (κ2) is 10.9.